The first-order valence-electron chi connectivity index (χ1n) is 10.2. The molecule has 0 radical (unpaired) electrons. The van der Waals surface area contributed by atoms with E-state index in [1.165, 1.54) is 19.3 Å². The van der Waals surface area contributed by atoms with Gasteiger partial charge in [-0.3, -0.25) is 14.5 Å². The minimum Gasteiger partial charge on any atom is -0.468 e. The standard InChI is InChI=1S/C23H30N2O3/c1-17-8-9-19(15-18(17)2)21(26)10-11-23(27)24-16-20(22-7-6-14-28-22)25-12-4-3-5-13-25/h6-9,14-15,20H,3-5,10-13,16H2,1-2H3,(H,24,27)/t20-/m0/s1. The third-order valence-electron chi connectivity index (χ3n) is 5.60. The molecule has 1 aromatic carbocycles. The number of rotatable bonds is 8. The molecule has 1 atom stereocenters. The molecule has 1 aliphatic heterocycles. The molecule has 1 amide bonds. The van der Waals surface area contributed by atoms with Crippen molar-refractivity contribution in [2.75, 3.05) is 19.6 Å². The van der Waals surface area contributed by atoms with Crippen LogP contribution in [0.15, 0.2) is 41.0 Å². The third-order valence-corrected chi connectivity index (χ3v) is 5.60. The number of piperidine rings is 1. The second kappa shape index (κ2) is 9.69. The molecule has 1 aromatic heterocycles. The Morgan fingerprint density at radius 2 is 1.86 bits per heavy atom. The normalized spacial score (nSPS) is 15.9. The number of carbonyl (C=O) groups excluding carboxylic acids is 2. The first-order valence-corrected chi connectivity index (χ1v) is 10.2. The number of nitrogens with one attached hydrogen (secondary N) is 1. The Morgan fingerprint density at radius 1 is 1.07 bits per heavy atom. The average Bonchev–Trinajstić information content (AvgIpc) is 3.23. The summed E-state index contributed by atoms with van der Waals surface area (Å²) in [6, 6.07) is 9.60. The molecule has 150 valence electrons. The summed E-state index contributed by atoms with van der Waals surface area (Å²) in [5.74, 6) is 0.802. The van der Waals surface area contributed by atoms with E-state index in [0.717, 1.165) is 30.0 Å². The lowest BCUT2D eigenvalue weighted by molar-refractivity contribution is -0.121. The van der Waals surface area contributed by atoms with E-state index in [4.69, 9.17) is 4.42 Å². The van der Waals surface area contributed by atoms with Gasteiger partial charge < -0.3 is 9.73 Å². The van der Waals surface area contributed by atoms with Gasteiger partial charge in [0.1, 0.15) is 5.76 Å². The molecule has 2 heterocycles. The number of hydrogen-bond acceptors (Lipinski definition) is 4. The smallest absolute Gasteiger partial charge is 0.220 e. The van der Waals surface area contributed by atoms with Crippen LogP contribution in [0.4, 0.5) is 0 Å². The van der Waals surface area contributed by atoms with Crippen LogP contribution in [-0.2, 0) is 4.79 Å². The topological polar surface area (TPSA) is 62.6 Å². The molecule has 1 aliphatic rings. The molecule has 0 unspecified atom stereocenters. The summed E-state index contributed by atoms with van der Waals surface area (Å²) in [6.45, 7) is 6.56. The first kappa shape index (κ1) is 20.3. The van der Waals surface area contributed by atoms with Gasteiger partial charge >= 0.3 is 0 Å². The van der Waals surface area contributed by atoms with Crippen molar-refractivity contribution >= 4 is 11.7 Å². The predicted octanol–water partition coefficient (Wildman–Crippen LogP) is 4.20. The van der Waals surface area contributed by atoms with E-state index in [2.05, 4.69) is 10.2 Å². The van der Waals surface area contributed by atoms with E-state index in [1.54, 1.807) is 6.26 Å². The van der Waals surface area contributed by atoms with Crippen LogP contribution in [0.2, 0.25) is 0 Å². The van der Waals surface area contributed by atoms with Gasteiger partial charge in [0.05, 0.1) is 12.3 Å². The highest BCUT2D eigenvalue weighted by Crippen LogP contribution is 2.24. The Labute approximate surface area is 167 Å². The third kappa shape index (κ3) is 5.32. The van der Waals surface area contributed by atoms with Crippen molar-refractivity contribution in [1.82, 2.24) is 10.2 Å². The van der Waals surface area contributed by atoms with Crippen LogP contribution < -0.4 is 5.32 Å². The number of carbonyl (C=O) groups is 2. The van der Waals surface area contributed by atoms with E-state index in [9.17, 15) is 9.59 Å². The van der Waals surface area contributed by atoms with E-state index < -0.39 is 0 Å². The fraction of sp³-hybridized carbons (Fsp3) is 0.478. The number of benzene rings is 1. The highest BCUT2D eigenvalue weighted by molar-refractivity contribution is 5.98. The molecule has 3 rings (SSSR count). The first-order chi connectivity index (χ1) is 13.5. The number of furan rings is 1. The Hall–Kier alpha value is -2.40. The summed E-state index contributed by atoms with van der Waals surface area (Å²) < 4.78 is 5.61. The molecule has 0 aliphatic carbocycles. The fourth-order valence-electron chi connectivity index (χ4n) is 3.71. The minimum atomic E-state index is -0.0919. The van der Waals surface area contributed by atoms with Crippen LogP contribution in [0, 0.1) is 13.8 Å². The molecule has 0 saturated carbocycles. The van der Waals surface area contributed by atoms with Crippen molar-refractivity contribution < 1.29 is 14.0 Å². The van der Waals surface area contributed by atoms with E-state index in [-0.39, 0.29) is 30.6 Å². The zero-order chi connectivity index (χ0) is 19.9. The Kier molecular flexibility index (Phi) is 7.04. The second-order valence-electron chi connectivity index (χ2n) is 7.65. The van der Waals surface area contributed by atoms with Crippen LogP contribution in [0.5, 0.6) is 0 Å². The molecule has 0 bridgehead atoms. The predicted molar refractivity (Wildman–Crippen MR) is 109 cm³/mol. The van der Waals surface area contributed by atoms with Crippen molar-refractivity contribution in [3.8, 4) is 0 Å². The number of likely N-dealkylation sites (tertiary alicyclic amines) is 1. The summed E-state index contributed by atoms with van der Waals surface area (Å²) in [5, 5.41) is 3.00. The van der Waals surface area contributed by atoms with Gasteiger partial charge in [0.25, 0.3) is 0 Å². The Balaban J connectivity index is 1.51. The van der Waals surface area contributed by atoms with Crippen molar-refractivity contribution in [3.05, 3.63) is 59.0 Å². The maximum Gasteiger partial charge on any atom is 0.220 e. The monoisotopic (exact) mass is 382 g/mol. The zero-order valence-electron chi connectivity index (χ0n) is 16.9. The van der Waals surface area contributed by atoms with Gasteiger partial charge in [-0.15, -0.1) is 0 Å². The lowest BCUT2D eigenvalue weighted by Crippen LogP contribution is -2.40. The Morgan fingerprint density at radius 3 is 2.54 bits per heavy atom. The van der Waals surface area contributed by atoms with Gasteiger partial charge in [0.15, 0.2) is 5.78 Å². The van der Waals surface area contributed by atoms with Gasteiger partial charge in [-0.05, 0) is 69.1 Å². The van der Waals surface area contributed by atoms with E-state index >= 15 is 0 Å². The van der Waals surface area contributed by atoms with Crippen molar-refractivity contribution in [1.29, 1.82) is 0 Å². The van der Waals surface area contributed by atoms with Crippen molar-refractivity contribution in [3.63, 3.8) is 0 Å². The van der Waals surface area contributed by atoms with Gasteiger partial charge in [0.2, 0.25) is 5.91 Å². The summed E-state index contributed by atoms with van der Waals surface area (Å²) in [7, 11) is 0. The van der Waals surface area contributed by atoms with Crippen LogP contribution in [0.3, 0.4) is 0 Å². The number of amides is 1. The lowest BCUT2D eigenvalue weighted by atomic mass is 10.0. The van der Waals surface area contributed by atoms with Crippen LogP contribution in [-0.4, -0.2) is 36.2 Å². The van der Waals surface area contributed by atoms with Crippen molar-refractivity contribution in [2.45, 2.75) is 52.0 Å². The average molecular weight is 383 g/mol. The summed E-state index contributed by atoms with van der Waals surface area (Å²) in [4.78, 5) is 27.1. The largest absolute Gasteiger partial charge is 0.468 e. The summed E-state index contributed by atoms with van der Waals surface area (Å²) in [6.07, 6.45) is 5.72. The number of hydrogen-bond donors (Lipinski definition) is 1. The molecule has 1 N–H and O–H groups in total. The number of nitrogens with zero attached hydrogens (tertiary/aromatic N) is 1. The summed E-state index contributed by atoms with van der Waals surface area (Å²) >= 11 is 0. The highest BCUT2D eigenvalue weighted by Gasteiger charge is 2.25. The van der Waals surface area contributed by atoms with Gasteiger partial charge in [0, 0.05) is 24.9 Å². The number of Topliss-reactive ketones (excluding diaryl/α,β-unsaturated/α-hetero) is 1. The lowest BCUT2D eigenvalue weighted by Gasteiger charge is -2.33. The molecule has 2 aromatic rings. The zero-order valence-corrected chi connectivity index (χ0v) is 16.9. The second-order valence-corrected chi connectivity index (χ2v) is 7.65. The van der Waals surface area contributed by atoms with Crippen LogP contribution >= 0.6 is 0 Å². The van der Waals surface area contributed by atoms with E-state index in [0.29, 0.717) is 12.1 Å². The van der Waals surface area contributed by atoms with Crippen LogP contribution in [0.1, 0.15) is 65.4 Å². The maximum absolute atomic E-state index is 12.4. The van der Waals surface area contributed by atoms with Gasteiger partial charge in [-0.2, -0.15) is 0 Å². The van der Waals surface area contributed by atoms with Gasteiger partial charge in [-0.25, -0.2) is 0 Å². The molecule has 28 heavy (non-hydrogen) atoms. The van der Waals surface area contributed by atoms with Crippen LogP contribution in [0.25, 0.3) is 0 Å². The van der Waals surface area contributed by atoms with Gasteiger partial charge in [-0.1, -0.05) is 18.6 Å². The molecule has 5 nitrogen and oxygen atoms in total. The summed E-state index contributed by atoms with van der Waals surface area (Å²) in [5.41, 5.74) is 2.94. The Bertz CT molecular complexity index is 792. The molecular formula is C23H30N2O3. The van der Waals surface area contributed by atoms with Crippen molar-refractivity contribution in [2.24, 2.45) is 0 Å². The molecular weight excluding hydrogens is 352 g/mol. The maximum atomic E-state index is 12.4. The molecule has 1 saturated heterocycles. The highest BCUT2D eigenvalue weighted by atomic mass is 16.3. The molecule has 0 spiro atoms. The number of aryl methyl sites for hydroxylation is 2. The molecule has 5 heteroatoms. The molecule has 1 fully saturated rings. The SMILES string of the molecule is Cc1ccc(C(=O)CCC(=O)NC[C@@H](c2ccco2)N2CCCCC2)cc1C. The minimum absolute atomic E-state index is 0.0110. The quantitative estimate of drug-likeness (QED) is 0.695. The number of ketones is 1. The fourth-order valence-corrected chi connectivity index (χ4v) is 3.71. The van der Waals surface area contributed by atoms with E-state index in [1.807, 2.05) is 44.2 Å².